The van der Waals surface area contributed by atoms with E-state index in [1.54, 1.807) is 7.11 Å². The second-order valence-corrected chi connectivity index (χ2v) is 8.48. The van der Waals surface area contributed by atoms with Crippen molar-refractivity contribution < 1.29 is 14.3 Å². The summed E-state index contributed by atoms with van der Waals surface area (Å²) in [7, 11) is 3.48. The molecule has 10 heteroatoms. The summed E-state index contributed by atoms with van der Waals surface area (Å²) in [5.74, 6) is 2.25. The second-order valence-electron chi connectivity index (χ2n) is 6.33. The standard InChI is InChI=1S/C19H23N5O3S2/c1-11-13(3)29-18(20-11)21-16(25)10-28-19-23-22-17(24(19)4)12(2)27-15-8-6-14(26-5)7-9-15/h6-9,12H,10H2,1-5H3,(H,20,21,25). The minimum atomic E-state index is -0.301. The molecule has 29 heavy (non-hydrogen) atoms. The van der Waals surface area contributed by atoms with Crippen LogP contribution in [0.4, 0.5) is 5.13 Å². The zero-order valence-corrected chi connectivity index (χ0v) is 18.6. The van der Waals surface area contributed by atoms with E-state index in [-0.39, 0.29) is 17.8 Å². The molecule has 8 nitrogen and oxygen atoms in total. The van der Waals surface area contributed by atoms with E-state index in [0.29, 0.717) is 21.9 Å². The third-order valence-electron chi connectivity index (χ3n) is 4.21. The Labute approximate surface area is 177 Å². The minimum absolute atomic E-state index is 0.129. The van der Waals surface area contributed by atoms with Gasteiger partial charge in [-0.3, -0.25) is 4.79 Å². The molecule has 0 spiro atoms. The average molecular weight is 434 g/mol. The summed E-state index contributed by atoms with van der Waals surface area (Å²) in [5.41, 5.74) is 0.932. The van der Waals surface area contributed by atoms with Crippen LogP contribution in [0.5, 0.6) is 11.5 Å². The summed E-state index contributed by atoms with van der Waals surface area (Å²) in [5, 5.41) is 12.5. The normalized spacial score (nSPS) is 11.9. The molecule has 0 fully saturated rings. The molecule has 0 aliphatic carbocycles. The highest BCUT2D eigenvalue weighted by Crippen LogP contribution is 2.26. The van der Waals surface area contributed by atoms with Crippen molar-refractivity contribution in [2.75, 3.05) is 18.2 Å². The maximum Gasteiger partial charge on any atom is 0.236 e. The maximum absolute atomic E-state index is 12.2. The van der Waals surface area contributed by atoms with Crippen molar-refractivity contribution in [1.82, 2.24) is 19.7 Å². The van der Waals surface area contributed by atoms with Crippen LogP contribution in [-0.2, 0) is 11.8 Å². The van der Waals surface area contributed by atoms with E-state index in [1.165, 1.54) is 23.1 Å². The summed E-state index contributed by atoms with van der Waals surface area (Å²) < 4.78 is 12.9. The number of aromatic nitrogens is 4. The van der Waals surface area contributed by atoms with Crippen molar-refractivity contribution in [3.05, 3.63) is 40.7 Å². The molecule has 3 rings (SSSR count). The molecule has 2 aromatic heterocycles. The van der Waals surface area contributed by atoms with Gasteiger partial charge in [0.15, 0.2) is 22.2 Å². The summed E-state index contributed by atoms with van der Waals surface area (Å²) in [4.78, 5) is 17.6. The van der Waals surface area contributed by atoms with Gasteiger partial charge in [0.05, 0.1) is 18.6 Å². The molecule has 154 valence electrons. The average Bonchev–Trinajstić information content (AvgIpc) is 3.22. The lowest BCUT2D eigenvalue weighted by atomic mass is 10.3. The Kier molecular flexibility index (Phi) is 6.75. The van der Waals surface area contributed by atoms with Gasteiger partial charge in [0.2, 0.25) is 5.91 Å². The third-order valence-corrected chi connectivity index (χ3v) is 6.22. The Morgan fingerprint density at radius 2 is 1.93 bits per heavy atom. The van der Waals surface area contributed by atoms with Crippen LogP contribution in [0.25, 0.3) is 0 Å². The highest BCUT2D eigenvalue weighted by atomic mass is 32.2. The Bertz CT molecular complexity index is 965. The predicted molar refractivity (Wildman–Crippen MR) is 114 cm³/mol. The van der Waals surface area contributed by atoms with Gasteiger partial charge in [-0.15, -0.1) is 21.5 Å². The first-order chi connectivity index (χ1) is 13.9. The van der Waals surface area contributed by atoms with E-state index >= 15 is 0 Å². The number of thiazole rings is 1. The molecule has 0 radical (unpaired) electrons. The quantitative estimate of drug-likeness (QED) is 0.541. The van der Waals surface area contributed by atoms with E-state index in [0.717, 1.165) is 16.3 Å². The topological polar surface area (TPSA) is 91.2 Å². The first kappa shape index (κ1) is 21.1. The lowest BCUT2D eigenvalue weighted by Gasteiger charge is -2.14. The van der Waals surface area contributed by atoms with Gasteiger partial charge in [0, 0.05) is 11.9 Å². The lowest BCUT2D eigenvalue weighted by Crippen LogP contribution is -2.14. The number of carbonyl (C=O) groups excluding carboxylic acids is 1. The van der Waals surface area contributed by atoms with Crippen LogP contribution >= 0.6 is 23.1 Å². The number of thioether (sulfide) groups is 1. The summed E-state index contributed by atoms with van der Waals surface area (Å²) in [6.45, 7) is 5.81. The van der Waals surface area contributed by atoms with Gasteiger partial charge in [-0.25, -0.2) is 4.98 Å². The SMILES string of the molecule is COc1ccc(OC(C)c2nnc(SCC(=O)Nc3nc(C)c(C)s3)n2C)cc1. The molecular formula is C19H23N5O3S2. The highest BCUT2D eigenvalue weighted by Gasteiger charge is 2.18. The first-order valence-corrected chi connectivity index (χ1v) is 10.7. The zero-order valence-electron chi connectivity index (χ0n) is 16.9. The van der Waals surface area contributed by atoms with E-state index in [9.17, 15) is 4.79 Å². The minimum Gasteiger partial charge on any atom is -0.497 e. The number of nitrogens with one attached hydrogen (secondary N) is 1. The molecule has 1 aromatic carbocycles. The van der Waals surface area contributed by atoms with Crippen LogP contribution in [0.2, 0.25) is 0 Å². The Morgan fingerprint density at radius 1 is 1.24 bits per heavy atom. The van der Waals surface area contributed by atoms with Gasteiger partial charge >= 0.3 is 0 Å². The van der Waals surface area contributed by atoms with Gasteiger partial charge in [-0.2, -0.15) is 0 Å². The second kappa shape index (κ2) is 9.27. The number of hydrogen-bond donors (Lipinski definition) is 1. The molecule has 0 aliphatic heterocycles. The number of aryl methyl sites for hydroxylation is 2. The number of amides is 1. The number of hydrogen-bond acceptors (Lipinski definition) is 8. The fourth-order valence-electron chi connectivity index (χ4n) is 2.53. The predicted octanol–water partition coefficient (Wildman–Crippen LogP) is 3.77. The van der Waals surface area contributed by atoms with Gasteiger partial charge < -0.3 is 19.4 Å². The smallest absolute Gasteiger partial charge is 0.236 e. The number of ether oxygens (including phenoxy) is 2. The van der Waals surface area contributed by atoms with Crippen LogP contribution in [0, 0.1) is 13.8 Å². The molecule has 1 unspecified atom stereocenters. The largest absolute Gasteiger partial charge is 0.497 e. The first-order valence-electron chi connectivity index (χ1n) is 8.94. The van der Waals surface area contributed by atoms with E-state index in [2.05, 4.69) is 20.5 Å². The van der Waals surface area contributed by atoms with Crippen molar-refractivity contribution in [1.29, 1.82) is 0 Å². The van der Waals surface area contributed by atoms with Crippen molar-refractivity contribution in [2.24, 2.45) is 7.05 Å². The summed E-state index contributed by atoms with van der Waals surface area (Å²) >= 11 is 2.79. The molecule has 3 aromatic rings. The zero-order chi connectivity index (χ0) is 21.0. The molecule has 2 heterocycles. The number of carbonyl (C=O) groups is 1. The molecule has 1 amide bonds. The Morgan fingerprint density at radius 3 is 2.55 bits per heavy atom. The van der Waals surface area contributed by atoms with Crippen LogP contribution in [0.3, 0.4) is 0 Å². The van der Waals surface area contributed by atoms with Crippen LogP contribution in [0.15, 0.2) is 29.4 Å². The lowest BCUT2D eigenvalue weighted by molar-refractivity contribution is -0.113. The fraction of sp³-hybridized carbons (Fsp3) is 0.368. The van der Waals surface area contributed by atoms with Gasteiger partial charge in [0.1, 0.15) is 11.5 Å². The van der Waals surface area contributed by atoms with Gasteiger partial charge in [-0.05, 0) is 45.0 Å². The molecule has 0 saturated carbocycles. The van der Waals surface area contributed by atoms with Crippen molar-refractivity contribution >= 4 is 34.1 Å². The number of anilines is 1. The molecule has 0 aliphatic rings. The van der Waals surface area contributed by atoms with Crippen LogP contribution in [0.1, 0.15) is 29.4 Å². The van der Waals surface area contributed by atoms with Crippen molar-refractivity contribution in [2.45, 2.75) is 32.0 Å². The summed E-state index contributed by atoms with van der Waals surface area (Å²) in [6, 6.07) is 7.36. The third kappa shape index (κ3) is 5.27. The fourth-order valence-corrected chi connectivity index (χ4v) is 4.08. The maximum atomic E-state index is 12.2. The molecular weight excluding hydrogens is 410 g/mol. The Balaban J connectivity index is 1.57. The molecule has 0 saturated heterocycles. The van der Waals surface area contributed by atoms with E-state index in [1.807, 2.05) is 56.7 Å². The summed E-state index contributed by atoms with van der Waals surface area (Å²) in [6.07, 6.45) is -0.301. The number of benzene rings is 1. The monoisotopic (exact) mass is 433 g/mol. The van der Waals surface area contributed by atoms with Gasteiger partial charge in [-0.1, -0.05) is 11.8 Å². The number of nitrogens with zero attached hydrogens (tertiary/aromatic N) is 4. The number of rotatable bonds is 8. The highest BCUT2D eigenvalue weighted by molar-refractivity contribution is 7.99. The van der Waals surface area contributed by atoms with Crippen molar-refractivity contribution in [3.8, 4) is 11.5 Å². The van der Waals surface area contributed by atoms with E-state index < -0.39 is 0 Å². The Hall–Kier alpha value is -2.59. The van der Waals surface area contributed by atoms with E-state index in [4.69, 9.17) is 9.47 Å². The number of methoxy groups -OCH3 is 1. The molecule has 0 bridgehead atoms. The molecule has 1 N–H and O–H groups in total. The van der Waals surface area contributed by atoms with Crippen molar-refractivity contribution in [3.63, 3.8) is 0 Å². The van der Waals surface area contributed by atoms with Crippen LogP contribution < -0.4 is 14.8 Å². The van der Waals surface area contributed by atoms with Gasteiger partial charge in [0.25, 0.3) is 0 Å². The molecule has 1 atom stereocenters. The van der Waals surface area contributed by atoms with Crippen LogP contribution in [-0.4, -0.2) is 38.5 Å².